The third-order valence-electron chi connectivity index (χ3n) is 5.85. The Morgan fingerprint density at radius 3 is 2.46 bits per heavy atom. The highest BCUT2D eigenvalue weighted by Crippen LogP contribution is 2.29. The predicted molar refractivity (Wildman–Crippen MR) is 98.5 cm³/mol. The fourth-order valence-electron chi connectivity index (χ4n) is 4.46. The van der Waals surface area contributed by atoms with E-state index < -0.39 is 11.6 Å². The maximum Gasteiger partial charge on any atom is 0.325 e. The molecule has 1 spiro atoms. The van der Waals surface area contributed by atoms with E-state index in [0.717, 1.165) is 50.2 Å². The van der Waals surface area contributed by atoms with Crippen molar-refractivity contribution in [3.05, 3.63) is 0 Å². The second kappa shape index (κ2) is 7.94. The first kappa shape index (κ1) is 19.1. The molecule has 3 aliphatic rings. The van der Waals surface area contributed by atoms with E-state index >= 15 is 0 Å². The van der Waals surface area contributed by atoms with Crippen LogP contribution in [0.3, 0.4) is 0 Å². The van der Waals surface area contributed by atoms with E-state index in [2.05, 4.69) is 29.4 Å². The number of carbonyl (C=O) groups is 3. The lowest BCUT2D eigenvalue weighted by Gasteiger charge is -2.37. The first-order valence-electron chi connectivity index (χ1n) is 10.1. The SMILES string of the molecule is CC(C)CN1CCC2(CC1)NC(=O)N(CC(=O)NC1CCCCC1)C2=O. The van der Waals surface area contributed by atoms with Gasteiger partial charge in [-0.25, -0.2) is 4.79 Å². The van der Waals surface area contributed by atoms with Gasteiger partial charge in [-0.05, 0) is 31.6 Å². The average Bonchev–Trinajstić information content (AvgIpc) is 2.82. The summed E-state index contributed by atoms with van der Waals surface area (Å²) in [6, 6.07) is -0.239. The van der Waals surface area contributed by atoms with Gasteiger partial charge in [-0.1, -0.05) is 33.1 Å². The molecule has 7 heteroatoms. The number of piperidine rings is 1. The predicted octanol–water partition coefficient (Wildman–Crippen LogP) is 1.48. The van der Waals surface area contributed by atoms with Crippen molar-refractivity contribution < 1.29 is 14.4 Å². The Morgan fingerprint density at radius 1 is 1.19 bits per heavy atom. The van der Waals surface area contributed by atoms with E-state index in [4.69, 9.17) is 0 Å². The zero-order valence-corrected chi connectivity index (χ0v) is 16.1. The van der Waals surface area contributed by atoms with Crippen LogP contribution in [-0.2, 0) is 9.59 Å². The number of urea groups is 1. The van der Waals surface area contributed by atoms with E-state index in [-0.39, 0.29) is 24.4 Å². The summed E-state index contributed by atoms with van der Waals surface area (Å²) in [6.07, 6.45) is 6.68. The highest BCUT2D eigenvalue weighted by Gasteiger charge is 2.52. The van der Waals surface area contributed by atoms with Gasteiger partial charge in [0, 0.05) is 25.7 Å². The quantitative estimate of drug-likeness (QED) is 0.724. The van der Waals surface area contributed by atoms with Crippen molar-refractivity contribution in [3.8, 4) is 0 Å². The lowest BCUT2D eigenvalue weighted by Crippen LogP contribution is -2.55. The molecule has 2 heterocycles. The number of rotatable bonds is 5. The van der Waals surface area contributed by atoms with Gasteiger partial charge in [0.15, 0.2) is 0 Å². The van der Waals surface area contributed by atoms with Gasteiger partial charge >= 0.3 is 6.03 Å². The minimum atomic E-state index is -0.810. The van der Waals surface area contributed by atoms with Crippen LogP contribution in [0.15, 0.2) is 0 Å². The molecule has 3 rings (SSSR count). The van der Waals surface area contributed by atoms with Crippen LogP contribution in [0.25, 0.3) is 0 Å². The smallest absolute Gasteiger partial charge is 0.325 e. The molecule has 2 saturated heterocycles. The highest BCUT2D eigenvalue weighted by molar-refractivity contribution is 6.09. The molecule has 1 aliphatic carbocycles. The highest BCUT2D eigenvalue weighted by atomic mass is 16.2. The first-order valence-corrected chi connectivity index (χ1v) is 10.1. The van der Waals surface area contributed by atoms with E-state index in [1.165, 1.54) is 6.42 Å². The minimum Gasteiger partial charge on any atom is -0.352 e. The Bertz CT molecular complexity index is 549. The Kier molecular flexibility index (Phi) is 5.85. The summed E-state index contributed by atoms with van der Waals surface area (Å²) in [5.74, 6) is 0.123. The molecule has 7 nitrogen and oxygen atoms in total. The number of imide groups is 1. The molecule has 0 aromatic rings. The monoisotopic (exact) mass is 364 g/mol. The number of nitrogens with zero attached hydrogens (tertiary/aromatic N) is 2. The van der Waals surface area contributed by atoms with Crippen LogP contribution in [0.2, 0.25) is 0 Å². The normalized spacial score (nSPS) is 24.3. The number of nitrogens with one attached hydrogen (secondary N) is 2. The number of hydrogen-bond acceptors (Lipinski definition) is 4. The van der Waals surface area contributed by atoms with Crippen LogP contribution in [0.4, 0.5) is 4.79 Å². The second-order valence-corrected chi connectivity index (χ2v) is 8.50. The molecule has 26 heavy (non-hydrogen) atoms. The van der Waals surface area contributed by atoms with Crippen molar-refractivity contribution in [2.24, 2.45) is 5.92 Å². The Morgan fingerprint density at radius 2 is 1.85 bits per heavy atom. The van der Waals surface area contributed by atoms with Crippen LogP contribution in [-0.4, -0.2) is 65.4 Å². The number of hydrogen-bond donors (Lipinski definition) is 2. The van der Waals surface area contributed by atoms with Crippen molar-refractivity contribution in [3.63, 3.8) is 0 Å². The van der Waals surface area contributed by atoms with Crippen LogP contribution in [0.5, 0.6) is 0 Å². The summed E-state index contributed by atoms with van der Waals surface area (Å²) >= 11 is 0. The van der Waals surface area contributed by atoms with E-state index in [9.17, 15) is 14.4 Å². The van der Waals surface area contributed by atoms with Gasteiger partial charge in [0.1, 0.15) is 12.1 Å². The fourth-order valence-corrected chi connectivity index (χ4v) is 4.46. The van der Waals surface area contributed by atoms with Crippen LogP contribution >= 0.6 is 0 Å². The maximum atomic E-state index is 12.9. The minimum absolute atomic E-state index is 0.168. The zero-order valence-electron chi connectivity index (χ0n) is 16.1. The summed E-state index contributed by atoms with van der Waals surface area (Å²) < 4.78 is 0. The molecule has 2 N–H and O–H groups in total. The molecule has 0 atom stereocenters. The van der Waals surface area contributed by atoms with Crippen molar-refractivity contribution >= 4 is 17.8 Å². The molecule has 1 saturated carbocycles. The molecule has 4 amide bonds. The molecule has 0 bridgehead atoms. The second-order valence-electron chi connectivity index (χ2n) is 8.50. The van der Waals surface area contributed by atoms with Gasteiger partial charge in [0.2, 0.25) is 5.91 Å². The summed E-state index contributed by atoms with van der Waals surface area (Å²) in [6.45, 7) is 6.79. The van der Waals surface area contributed by atoms with Crippen molar-refractivity contribution in [1.29, 1.82) is 0 Å². The molecular formula is C19H32N4O3. The Hall–Kier alpha value is -1.63. The van der Waals surface area contributed by atoms with Gasteiger partial charge in [-0.2, -0.15) is 0 Å². The van der Waals surface area contributed by atoms with Gasteiger partial charge in [0.05, 0.1) is 0 Å². The third kappa shape index (κ3) is 4.19. The zero-order chi connectivity index (χ0) is 18.7. The van der Waals surface area contributed by atoms with Gasteiger partial charge in [-0.3, -0.25) is 14.5 Å². The van der Waals surface area contributed by atoms with E-state index in [1.807, 2.05) is 0 Å². The van der Waals surface area contributed by atoms with Crippen molar-refractivity contribution in [2.75, 3.05) is 26.2 Å². The van der Waals surface area contributed by atoms with Crippen molar-refractivity contribution in [2.45, 2.75) is 70.4 Å². The van der Waals surface area contributed by atoms with Gasteiger partial charge < -0.3 is 15.5 Å². The Labute approximate surface area is 155 Å². The van der Waals surface area contributed by atoms with Crippen LogP contribution in [0.1, 0.15) is 58.8 Å². The number of likely N-dealkylation sites (tertiary alicyclic amines) is 1. The molecule has 3 fully saturated rings. The summed E-state index contributed by atoms with van der Waals surface area (Å²) in [4.78, 5) is 41.0. The van der Waals surface area contributed by atoms with Crippen LogP contribution in [0, 0.1) is 5.92 Å². The topological polar surface area (TPSA) is 81.8 Å². The van der Waals surface area contributed by atoms with Crippen LogP contribution < -0.4 is 10.6 Å². The largest absolute Gasteiger partial charge is 0.352 e. The molecule has 0 radical (unpaired) electrons. The van der Waals surface area contributed by atoms with Crippen molar-refractivity contribution in [1.82, 2.24) is 20.4 Å². The number of carbonyl (C=O) groups excluding carboxylic acids is 3. The lowest BCUT2D eigenvalue weighted by molar-refractivity contribution is -0.136. The van der Waals surface area contributed by atoms with E-state index in [1.54, 1.807) is 0 Å². The summed E-state index contributed by atoms with van der Waals surface area (Å²) in [5, 5.41) is 5.87. The van der Waals surface area contributed by atoms with Gasteiger partial charge in [-0.15, -0.1) is 0 Å². The Balaban J connectivity index is 1.54. The molecule has 0 aromatic heterocycles. The first-order chi connectivity index (χ1) is 12.4. The standard InChI is InChI=1S/C19H32N4O3/c1-14(2)12-22-10-8-19(9-11-22)17(25)23(18(26)21-19)13-16(24)20-15-6-4-3-5-7-15/h14-15H,3-13H2,1-2H3,(H,20,24)(H,21,26). The molecule has 146 valence electrons. The molecule has 0 aromatic carbocycles. The third-order valence-corrected chi connectivity index (χ3v) is 5.85. The molecule has 0 unspecified atom stereocenters. The average molecular weight is 364 g/mol. The van der Waals surface area contributed by atoms with E-state index in [0.29, 0.717) is 18.8 Å². The number of amides is 4. The molecular weight excluding hydrogens is 332 g/mol. The summed E-state index contributed by atoms with van der Waals surface area (Å²) in [5.41, 5.74) is -0.810. The fraction of sp³-hybridized carbons (Fsp3) is 0.842. The maximum absolute atomic E-state index is 12.9. The summed E-state index contributed by atoms with van der Waals surface area (Å²) in [7, 11) is 0. The van der Waals surface area contributed by atoms with Gasteiger partial charge in [0.25, 0.3) is 5.91 Å². The lowest BCUT2D eigenvalue weighted by atomic mass is 9.87. The molecule has 2 aliphatic heterocycles.